The van der Waals surface area contributed by atoms with Crippen LogP contribution in [-0.2, 0) is 4.79 Å². The van der Waals surface area contributed by atoms with E-state index in [-0.39, 0.29) is 17.6 Å². The molecule has 1 aliphatic rings. The number of likely N-dealkylation sites (tertiary alicyclic amines) is 1. The van der Waals surface area contributed by atoms with Crippen molar-refractivity contribution in [1.29, 1.82) is 0 Å². The fourth-order valence-corrected chi connectivity index (χ4v) is 2.85. The maximum atomic E-state index is 12.2. The molecule has 2 heterocycles. The van der Waals surface area contributed by atoms with Crippen molar-refractivity contribution in [2.24, 2.45) is 0 Å². The molecule has 2 N–H and O–H groups in total. The van der Waals surface area contributed by atoms with Crippen LogP contribution in [0.4, 0.5) is 5.13 Å². The summed E-state index contributed by atoms with van der Waals surface area (Å²) >= 11 is 1.20. The first-order chi connectivity index (χ1) is 9.08. The third-order valence-corrected chi connectivity index (χ3v) is 3.87. The van der Waals surface area contributed by atoms with Gasteiger partial charge in [-0.15, -0.1) is 11.3 Å². The highest BCUT2D eigenvalue weighted by molar-refractivity contribution is 7.13. The third-order valence-electron chi connectivity index (χ3n) is 3.10. The Hall–Kier alpha value is -1.63. The van der Waals surface area contributed by atoms with Crippen molar-refractivity contribution < 1.29 is 14.7 Å². The second kappa shape index (κ2) is 6.01. The van der Waals surface area contributed by atoms with Crippen LogP contribution in [0.5, 0.6) is 0 Å². The fraction of sp³-hybridized carbons (Fsp3) is 0.583. The lowest BCUT2D eigenvalue weighted by atomic mass is 10.1. The number of carboxylic acids is 1. The topological polar surface area (TPSA) is 82.5 Å². The van der Waals surface area contributed by atoms with Crippen molar-refractivity contribution in [2.45, 2.75) is 32.2 Å². The van der Waals surface area contributed by atoms with E-state index in [0.29, 0.717) is 5.13 Å². The molecule has 1 atom stereocenters. The lowest BCUT2D eigenvalue weighted by Crippen LogP contribution is -2.43. The zero-order chi connectivity index (χ0) is 13.8. The Morgan fingerprint density at radius 1 is 1.42 bits per heavy atom. The zero-order valence-corrected chi connectivity index (χ0v) is 11.6. The minimum atomic E-state index is -1.06. The van der Waals surface area contributed by atoms with Crippen LogP contribution in [0.2, 0.25) is 0 Å². The minimum absolute atomic E-state index is 0.00474. The van der Waals surface area contributed by atoms with Gasteiger partial charge in [-0.05, 0) is 26.2 Å². The summed E-state index contributed by atoms with van der Waals surface area (Å²) < 4.78 is 0. The van der Waals surface area contributed by atoms with Gasteiger partial charge >= 0.3 is 5.97 Å². The number of anilines is 1. The molecule has 1 aromatic heterocycles. The predicted molar refractivity (Wildman–Crippen MR) is 72.6 cm³/mol. The number of amides is 1. The summed E-state index contributed by atoms with van der Waals surface area (Å²) in [7, 11) is 0. The molecule has 104 valence electrons. The van der Waals surface area contributed by atoms with Crippen LogP contribution in [0.25, 0.3) is 0 Å². The molecule has 0 saturated carbocycles. The van der Waals surface area contributed by atoms with E-state index in [1.54, 1.807) is 6.92 Å². The number of thiazole rings is 1. The molecule has 1 amide bonds. The lowest BCUT2D eigenvalue weighted by Gasteiger charge is -2.29. The third kappa shape index (κ3) is 3.44. The van der Waals surface area contributed by atoms with Gasteiger partial charge in [-0.1, -0.05) is 0 Å². The zero-order valence-electron chi connectivity index (χ0n) is 10.8. The van der Waals surface area contributed by atoms with Crippen molar-refractivity contribution in [3.8, 4) is 0 Å². The molecule has 1 saturated heterocycles. The lowest BCUT2D eigenvalue weighted by molar-refractivity contribution is -0.132. The van der Waals surface area contributed by atoms with Crippen molar-refractivity contribution >= 4 is 28.3 Å². The summed E-state index contributed by atoms with van der Waals surface area (Å²) in [6, 6.07) is -0.383. The van der Waals surface area contributed by atoms with Crippen molar-refractivity contribution in [2.75, 3.05) is 18.4 Å². The first kappa shape index (κ1) is 13.8. The smallest absolute Gasteiger partial charge is 0.355 e. The largest absolute Gasteiger partial charge is 0.476 e. The van der Waals surface area contributed by atoms with E-state index in [1.807, 2.05) is 4.90 Å². The van der Waals surface area contributed by atoms with E-state index in [9.17, 15) is 9.59 Å². The highest BCUT2D eigenvalue weighted by Gasteiger charge is 2.22. The van der Waals surface area contributed by atoms with Gasteiger partial charge in [0, 0.05) is 18.5 Å². The number of carbonyl (C=O) groups excluding carboxylic acids is 1. The summed E-state index contributed by atoms with van der Waals surface area (Å²) in [6.45, 7) is 3.39. The number of nitrogens with zero attached hydrogens (tertiary/aromatic N) is 2. The van der Waals surface area contributed by atoms with Gasteiger partial charge in [-0.2, -0.15) is 0 Å². The number of hydrogen-bond acceptors (Lipinski definition) is 5. The van der Waals surface area contributed by atoms with Gasteiger partial charge in [0.15, 0.2) is 10.8 Å². The van der Waals surface area contributed by atoms with Gasteiger partial charge in [0.05, 0.1) is 0 Å². The molecule has 7 heteroatoms. The molecule has 19 heavy (non-hydrogen) atoms. The highest BCUT2D eigenvalue weighted by atomic mass is 32.1. The van der Waals surface area contributed by atoms with Crippen LogP contribution in [0.1, 0.15) is 36.7 Å². The van der Waals surface area contributed by atoms with Gasteiger partial charge in [-0.3, -0.25) is 4.79 Å². The van der Waals surface area contributed by atoms with Gasteiger partial charge < -0.3 is 15.3 Å². The second-order valence-electron chi connectivity index (χ2n) is 4.60. The number of piperidine rings is 1. The van der Waals surface area contributed by atoms with Gasteiger partial charge in [0.25, 0.3) is 0 Å². The molecule has 0 radical (unpaired) electrons. The molecule has 0 bridgehead atoms. The molecule has 6 nitrogen and oxygen atoms in total. The monoisotopic (exact) mass is 283 g/mol. The minimum Gasteiger partial charge on any atom is -0.476 e. The van der Waals surface area contributed by atoms with E-state index in [1.165, 1.54) is 23.1 Å². The van der Waals surface area contributed by atoms with Crippen LogP contribution in [0.3, 0.4) is 0 Å². The Labute approximate surface area is 115 Å². The van der Waals surface area contributed by atoms with Crippen LogP contribution in [0, 0.1) is 0 Å². The number of aromatic carboxylic acids is 1. The molecular formula is C12H17N3O3S. The average Bonchev–Trinajstić information content (AvgIpc) is 2.87. The van der Waals surface area contributed by atoms with E-state index >= 15 is 0 Å². The summed E-state index contributed by atoms with van der Waals surface area (Å²) in [4.78, 5) is 28.7. The summed E-state index contributed by atoms with van der Waals surface area (Å²) in [5, 5.41) is 13.7. The Morgan fingerprint density at radius 2 is 2.11 bits per heavy atom. The molecule has 0 spiro atoms. The van der Waals surface area contributed by atoms with Crippen LogP contribution >= 0.6 is 11.3 Å². The summed E-state index contributed by atoms with van der Waals surface area (Å²) in [5.41, 5.74) is 0.00474. The fourth-order valence-electron chi connectivity index (χ4n) is 2.07. The van der Waals surface area contributed by atoms with Crippen LogP contribution < -0.4 is 5.32 Å². The first-order valence-corrected chi connectivity index (χ1v) is 7.20. The van der Waals surface area contributed by atoms with Crippen molar-refractivity contribution in [1.82, 2.24) is 9.88 Å². The molecular weight excluding hydrogens is 266 g/mol. The van der Waals surface area contributed by atoms with Crippen LogP contribution in [-0.4, -0.2) is 46.0 Å². The van der Waals surface area contributed by atoms with E-state index in [2.05, 4.69) is 10.3 Å². The molecule has 1 aromatic rings. The van der Waals surface area contributed by atoms with Crippen molar-refractivity contribution in [3.05, 3.63) is 11.1 Å². The SMILES string of the molecule is CC(Nc1nc(C(=O)O)cs1)C(=O)N1CCCCC1. The quantitative estimate of drug-likeness (QED) is 0.878. The van der Waals surface area contributed by atoms with Gasteiger partial charge in [-0.25, -0.2) is 9.78 Å². The maximum Gasteiger partial charge on any atom is 0.355 e. The number of carbonyl (C=O) groups is 2. The summed E-state index contributed by atoms with van der Waals surface area (Å²) in [5.74, 6) is -1.01. The Kier molecular flexibility index (Phi) is 4.36. The number of hydrogen-bond donors (Lipinski definition) is 2. The molecule has 1 aliphatic heterocycles. The Balaban J connectivity index is 1.93. The molecule has 0 aliphatic carbocycles. The van der Waals surface area contributed by atoms with E-state index in [4.69, 9.17) is 5.11 Å². The standard InChI is InChI=1S/C12H17N3O3S/c1-8(10(16)15-5-3-2-4-6-15)13-12-14-9(7-19-12)11(17)18/h7-8H,2-6H2,1H3,(H,13,14)(H,17,18). The van der Waals surface area contributed by atoms with E-state index in [0.717, 1.165) is 25.9 Å². The molecule has 1 fully saturated rings. The number of aromatic nitrogens is 1. The molecule has 2 rings (SSSR count). The second-order valence-corrected chi connectivity index (χ2v) is 5.45. The average molecular weight is 283 g/mol. The van der Waals surface area contributed by atoms with Gasteiger partial charge in [0.1, 0.15) is 6.04 Å². The molecule has 0 aromatic carbocycles. The predicted octanol–water partition coefficient (Wildman–Crippen LogP) is 1.65. The number of carboxylic acid groups (broad SMARTS) is 1. The number of rotatable bonds is 4. The highest BCUT2D eigenvalue weighted by Crippen LogP contribution is 2.17. The Morgan fingerprint density at radius 3 is 2.68 bits per heavy atom. The van der Waals surface area contributed by atoms with Gasteiger partial charge in [0.2, 0.25) is 5.91 Å². The normalized spacial score (nSPS) is 17.0. The maximum absolute atomic E-state index is 12.2. The summed E-state index contributed by atoms with van der Waals surface area (Å²) in [6.07, 6.45) is 3.29. The first-order valence-electron chi connectivity index (χ1n) is 6.32. The van der Waals surface area contributed by atoms with E-state index < -0.39 is 5.97 Å². The Bertz CT molecular complexity index is 469. The van der Waals surface area contributed by atoms with Crippen LogP contribution in [0.15, 0.2) is 5.38 Å². The van der Waals surface area contributed by atoms with Crippen molar-refractivity contribution in [3.63, 3.8) is 0 Å². The molecule has 1 unspecified atom stereocenters. The number of nitrogens with one attached hydrogen (secondary N) is 1.